The maximum atomic E-state index is 13.1. The monoisotopic (exact) mass is 499 g/mol. The van der Waals surface area contributed by atoms with Crippen LogP contribution in [0.4, 0.5) is 5.69 Å². The van der Waals surface area contributed by atoms with Gasteiger partial charge < -0.3 is 4.90 Å². The van der Waals surface area contributed by atoms with E-state index in [9.17, 15) is 19.2 Å². The second-order valence-electron chi connectivity index (χ2n) is 9.43. The standard InChI is InChI=1S/C26H25N7O4/c34-23-9-8-22(24(35)27-23)33-25(36)20-7-6-19(14-21(20)26(33)37)32-16-17(28-29-32)15-30-10-12-31(13-11-30)18-4-2-1-3-5-18/h1-7,14,16,22H,8-13,15H2,(H,27,34,35). The van der Waals surface area contributed by atoms with Gasteiger partial charge in [0, 0.05) is 44.8 Å². The number of carbonyl (C=O) groups is 4. The van der Waals surface area contributed by atoms with E-state index in [0.29, 0.717) is 12.2 Å². The van der Waals surface area contributed by atoms with E-state index in [4.69, 9.17) is 0 Å². The Hall–Kier alpha value is -4.38. The molecular weight excluding hydrogens is 474 g/mol. The molecule has 1 N–H and O–H groups in total. The zero-order chi connectivity index (χ0) is 25.5. The van der Waals surface area contributed by atoms with Gasteiger partial charge in [0.05, 0.1) is 28.7 Å². The van der Waals surface area contributed by atoms with Crippen molar-refractivity contribution in [3.05, 3.63) is 71.5 Å². The lowest BCUT2D eigenvalue weighted by molar-refractivity contribution is -0.136. The minimum atomic E-state index is -0.992. The normalized spacial score (nSPS) is 20.4. The molecule has 3 aromatic rings. The number of hydrogen-bond acceptors (Lipinski definition) is 8. The number of benzene rings is 2. The van der Waals surface area contributed by atoms with E-state index in [1.807, 2.05) is 12.3 Å². The Kier molecular flexibility index (Phi) is 5.76. The molecule has 1 aromatic heterocycles. The highest BCUT2D eigenvalue weighted by Crippen LogP contribution is 2.29. The highest BCUT2D eigenvalue weighted by atomic mass is 16.2. The Bertz CT molecular complexity index is 1390. The topological polar surface area (TPSA) is 121 Å². The summed E-state index contributed by atoms with van der Waals surface area (Å²) in [5.74, 6) is -2.11. The Morgan fingerprint density at radius 1 is 0.865 bits per heavy atom. The molecule has 0 spiro atoms. The van der Waals surface area contributed by atoms with Crippen molar-refractivity contribution in [2.75, 3.05) is 31.1 Å². The second kappa shape index (κ2) is 9.25. The van der Waals surface area contributed by atoms with Crippen molar-refractivity contribution in [2.45, 2.75) is 25.4 Å². The van der Waals surface area contributed by atoms with Gasteiger partial charge in [-0.05, 0) is 36.8 Å². The molecule has 4 heterocycles. The van der Waals surface area contributed by atoms with E-state index in [1.165, 1.54) is 5.69 Å². The summed E-state index contributed by atoms with van der Waals surface area (Å²) in [5.41, 5.74) is 3.07. The molecule has 37 heavy (non-hydrogen) atoms. The summed E-state index contributed by atoms with van der Waals surface area (Å²) in [5, 5.41) is 10.7. The largest absolute Gasteiger partial charge is 0.369 e. The maximum absolute atomic E-state index is 13.1. The molecular formula is C26H25N7O4. The molecule has 2 aromatic carbocycles. The summed E-state index contributed by atoms with van der Waals surface area (Å²) >= 11 is 0. The van der Waals surface area contributed by atoms with E-state index in [1.54, 1.807) is 22.9 Å². The minimum absolute atomic E-state index is 0.0814. The Labute approximate surface area is 212 Å². The van der Waals surface area contributed by atoms with Crippen molar-refractivity contribution in [2.24, 2.45) is 0 Å². The van der Waals surface area contributed by atoms with Crippen LogP contribution in [0.5, 0.6) is 0 Å². The smallest absolute Gasteiger partial charge is 0.262 e. The lowest BCUT2D eigenvalue weighted by atomic mass is 10.0. The SMILES string of the molecule is O=C1CCC(N2C(=O)c3ccc(-n4cc(CN5CCN(c6ccccc6)CC5)nn4)cc3C2=O)C(=O)N1. The number of piperidine rings is 1. The zero-order valence-electron chi connectivity index (χ0n) is 20.0. The molecule has 0 saturated carbocycles. The predicted molar refractivity (Wildman–Crippen MR) is 132 cm³/mol. The first kappa shape index (κ1) is 23.0. The van der Waals surface area contributed by atoms with Crippen LogP contribution >= 0.6 is 0 Å². The van der Waals surface area contributed by atoms with Gasteiger partial charge in [-0.1, -0.05) is 23.4 Å². The van der Waals surface area contributed by atoms with E-state index in [2.05, 4.69) is 49.7 Å². The van der Waals surface area contributed by atoms with Crippen LogP contribution in [0.2, 0.25) is 0 Å². The van der Waals surface area contributed by atoms with Crippen LogP contribution in [-0.2, 0) is 16.1 Å². The number of nitrogens with zero attached hydrogens (tertiary/aromatic N) is 6. The third-order valence-corrected chi connectivity index (χ3v) is 7.11. The summed E-state index contributed by atoms with van der Waals surface area (Å²) in [6.45, 7) is 4.35. The molecule has 2 fully saturated rings. The van der Waals surface area contributed by atoms with Crippen LogP contribution in [0.15, 0.2) is 54.7 Å². The summed E-state index contributed by atoms with van der Waals surface area (Å²) in [4.78, 5) is 55.4. The average Bonchev–Trinajstić information content (AvgIpc) is 3.48. The molecule has 4 amide bonds. The number of nitrogens with one attached hydrogen (secondary N) is 1. The predicted octanol–water partition coefficient (Wildman–Crippen LogP) is 0.991. The summed E-state index contributed by atoms with van der Waals surface area (Å²) < 4.78 is 1.59. The van der Waals surface area contributed by atoms with Crippen LogP contribution in [-0.4, -0.2) is 80.6 Å². The maximum Gasteiger partial charge on any atom is 0.262 e. The molecule has 188 valence electrons. The number of rotatable bonds is 5. The number of aromatic nitrogens is 3. The van der Waals surface area contributed by atoms with Crippen molar-refractivity contribution >= 4 is 29.3 Å². The van der Waals surface area contributed by atoms with Crippen LogP contribution in [0.3, 0.4) is 0 Å². The first-order valence-corrected chi connectivity index (χ1v) is 12.3. The Morgan fingerprint density at radius 3 is 2.38 bits per heavy atom. The third kappa shape index (κ3) is 4.27. The molecule has 1 unspecified atom stereocenters. The number of amides is 4. The van der Waals surface area contributed by atoms with Crippen LogP contribution in [0.25, 0.3) is 5.69 Å². The highest BCUT2D eigenvalue weighted by molar-refractivity contribution is 6.23. The molecule has 6 rings (SSSR count). The minimum Gasteiger partial charge on any atom is -0.369 e. The average molecular weight is 500 g/mol. The number of piperazine rings is 1. The zero-order valence-corrected chi connectivity index (χ0v) is 20.0. The highest BCUT2D eigenvalue weighted by Gasteiger charge is 2.44. The van der Waals surface area contributed by atoms with Gasteiger partial charge in [-0.3, -0.25) is 34.3 Å². The molecule has 1 atom stereocenters. The second-order valence-corrected chi connectivity index (χ2v) is 9.43. The van der Waals surface area contributed by atoms with Gasteiger partial charge in [-0.25, -0.2) is 4.68 Å². The van der Waals surface area contributed by atoms with Gasteiger partial charge >= 0.3 is 0 Å². The van der Waals surface area contributed by atoms with Gasteiger partial charge in [0.2, 0.25) is 11.8 Å². The number of imide groups is 2. The van der Waals surface area contributed by atoms with Crippen molar-refractivity contribution in [3.63, 3.8) is 0 Å². The Balaban J connectivity index is 1.13. The molecule has 2 saturated heterocycles. The van der Waals surface area contributed by atoms with Crippen LogP contribution in [0.1, 0.15) is 39.3 Å². The van der Waals surface area contributed by atoms with E-state index < -0.39 is 29.7 Å². The first-order valence-electron chi connectivity index (χ1n) is 12.3. The van der Waals surface area contributed by atoms with Gasteiger partial charge in [0.1, 0.15) is 6.04 Å². The van der Waals surface area contributed by atoms with Crippen LogP contribution < -0.4 is 10.2 Å². The molecule has 0 aliphatic carbocycles. The summed E-state index contributed by atoms with van der Waals surface area (Å²) in [7, 11) is 0. The molecule has 11 nitrogen and oxygen atoms in total. The lowest BCUT2D eigenvalue weighted by Gasteiger charge is -2.35. The third-order valence-electron chi connectivity index (χ3n) is 7.11. The quantitative estimate of drug-likeness (QED) is 0.516. The number of anilines is 1. The van der Waals surface area contributed by atoms with Gasteiger partial charge in [-0.15, -0.1) is 5.10 Å². The number of hydrogen-bond donors (Lipinski definition) is 1. The summed E-state index contributed by atoms with van der Waals surface area (Å²) in [6.07, 6.45) is 2.03. The molecule has 3 aliphatic rings. The number of carbonyl (C=O) groups excluding carboxylic acids is 4. The van der Waals surface area contributed by atoms with E-state index >= 15 is 0 Å². The van der Waals surface area contributed by atoms with Crippen molar-refractivity contribution < 1.29 is 19.2 Å². The van der Waals surface area contributed by atoms with Crippen molar-refractivity contribution in [1.29, 1.82) is 0 Å². The number of fused-ring (bicyclic) bond motifs is 1. The van der Waals surface area contributed by atoms with Gasteiger partial charge in [-0.2, -0.15) is 0 Å². The van der Waals surface area contributed by atoms with Crippen molar-refractivity contribution in [3.8, 4) is 5.69 Å². The molecule has 11 heteroatoms. The first-order chi connectivity index (χ1) is 18.0. The fourth-order valence-corrected chi connectivity index (χ4v) is 5.13. The summed E-state index contributed by atoms with van der Waals surface area (Å²) in [6, 6.07) is 14.2. The molecule has 0 radical (unpaired) electrons. The lowest BCUT2D eigenvalue weighted by Crippen LogP contribution is -2.54. The molecule has 0 bridgehead atoms. The fourth-order valence-electron chi connectivity index (χ4n) is 5.13. The van der Waals surface area contributed by atoms with Crippen LogP contribution in [0, 0.1) is 0 Å². The van der Waals surface area contributed by atoms with Crippen molar-refractivity contribution in [1.82, 2.24) is 30.1 Å². The number of para-hydroxylation sites is 1. The van der Waals surface area contributed by atoms with E-state index in [-0.39, 0.29) is 24.0 Å². The van der Waals surface area contributed by atoms with Gasteiger partial charge in [0.25, 0.3) is 11.8 Å². The van der Waals surface area contributed by atoms with E-state index in [0.717, 1.165) is 36.8 Å². The molecule has 3 aliphatic heterocycles. The Morgan fingerprint density at radius 2 is 1.62 bits per heavy atom. The van der Waals surface area contributed by atoms with Gasteiger partial charge in [0.15, 0.2) is 0 Å². The fraction of sp³-hybridized carbons (Fsp3) is 0.308.